The highest BCUT2D eigenvalue weighted by Gasteiger charge is 2.29. The SMILES string of the molecule is COc1cccc(NC(=O)N(CCC(F)(F)F)C[C@H](O)CO)c1. The average molecular weight is 336 g/mol. The van der Waals surface area contributed by atoms with Crippen LogP contribution >= 0.6 is 0 Å². The fraction of sp³-hybridized carbons (Fsp3) is 0.500. The maximum absolute atomic E-state index is 12.3. The molecule has 130 valence electrons. The fourth-order valence-corrected chi connectivity index (χ4v) is 1.75. The number of amides is 2. The van der Waals surface area contributed by atoms with Crippen LogP contribution in [-0.2, 0) is 0 Å². The summed E-state index contributed by atoms with van der Waals surface area (Å²) in [6, 6.07) is 5.49. The Kier molecular flexibility index (Phi) is 7.11. The highest BCUT2D eigenvalue weighted by molar-refractivity contribution is 5.89. The molecule has 23 heavy (non-hydrogen) atoms. The van der Waals surface area contributed by atoms with Gasteiger partial charge in [0.25, 0.3) is 0 Å². The summed E-state index contributed by atoms with van der Waals surface area (Å²) < 4.78 is 42.0. The molecule has 0 saturated carbocycles. The normalized spacial score (nSPS) is 12.6. The Morgan fingerprint density at radius 2 is 2.13 bits per heavy atom. The Morgan fingerprint density at radius 1 is 1.43 bits per heavy atom. The number of urea groups is 1. The number of methoxy groups -OCH3 is 1. The summed E-state index contributed by atoms with van der Waals surface area (Å²) in [6.07, 6.45) is -6.96. The molecule has 0 aliphatic heterocycles. The molecule has 1 aromatic carbocycles. The van der Waals surface area contributed by atoms with Crippen LogP contribution in [0.2, 0.25) is 0 Å². The van der Waals surface area contributed by atoms with Gasteiger partial charge in [0.15, 0.2) is 0 Å². The van der Waals surface area contributed by atoms with E-state index < -0.39 is 44.4 Å². The third-order valence-electron chi connectivity index (χ3n) is 2.92. The molecule has 1 atom stereocenters. The third-order valence-corrected chi connectivity index (χ3v) is 2.92. The van der Waals surface area contributed by atoms with Gasteiger partial charge in [-0.25, -0.2) is 4.79 Å². The molecule has 0 aromatic heterocycles. The summed E-state index contributed by atoms with van der Waals surface area (Å²) in [5, 5.41) is 20.6. The van der Waals surface area contributed by atoms with Crippen molar-refractivity contribution in [2.45, 2.75) is 18.7 Å². The minimum absolute atomic E-state index is 0.338. The number of hydrogen-bond acceptors (Lipinski definition) is 4. The zero-order valence-corrected chi connectivity index (χ0v) is 12.5. The Labute approximate surface area is 131 Å². The van der Waals surface area contributed by atoms with Crippen molar-refractivity contribution in [3.05, 3.63) is 24.3 Å². The fourth-order valence-electron chi connectivity index (χ4n) is 1.75. The number of aliphatic hydroxyl groups excluding tert-OH is 2. The van der Waals surface area contributed by atoms with Gasteiger partial charge >= 0.3 is 12.2 Å². The number of carbonyl (C=O) groups is 1. The number of benzene rings is 1. The molecule has 0 unspecified atom stereocenters. The molecular formula is C14H19F3N2O4. The van der Waals surface area contributed by atoms with Crippen molar-refractivity contribution in [3.8, 4) is 5.75 Å². The lowest BCUT2D eigenvalue weighted by molar-refractivity contribution is -0.137. The largest absolute Gasteiger partial charge is 0.497 e. The average Bonchev–Trinajstić information content (AvgIpc) is 2.50. The van der Waals surface area contributed by atoms with Crippen LogP contribution in [0.1, 0.15) is 6.42 Å². The van der Waals surface area contributed by atoms with Gasteiger partial charge in [-0.1, -0.05) is 6.07 Å². The predicted molar refractivity (Wildman–Crippen MR) is 77.4 cm³/mol. The van der Waals surface area contributed by atoms with E-state index in [0.717, 1.165) is 4.90 Å². The first-order valence-corrected chi connectivity index (χ1v) is 6.81. The van der Waals surface area contributed by atoms with Crippen molar-refractivity contribution in [2.24, 2.45) is 0 Å². The number of anilines is 1. The molecular weight excluding hydrogens is 317 g/mol. The zero-order valence-electron chi connectivity index (χ0n) is 12.5. The van der Waals surface area contributed by atoms with Crippen LogP contribution in [-0.4, -0.2) is 60.2 Å². The highest BCUT2D eigenvalue weighted by atomic mass is 19.4. The number of alkyl halides is 3. The van der Waals surface area contributed by atoms with Gasteiger partial charge in [-0.15, -0.1) is 0 Å². The molecule has 0 spiro atoms. The Bertz CT molecular complexity index is 511. The number of hydrogen-bond donors (Lipinski definition) is 3. The molecule has 6 nitrogen and oxygen atoms in total. The number of carbonyl (C=O) groups excluding carboxylic acids is 1. The van der Waals surface area contributed by atoms with E-state index in [-0.39, 0.29) is 0 Å². The molecule has 0 bridgehead atoms. The number of rotatable bonds is 7. The van der Waals surface area contributed by atoms with E-state index in [2.05, 4.69) is 5.32 Å². The van der Waals surface area contributed by atoms with Gasteiger partial charge in [-0.3, -0.25) is 0 Å². The minimum Gasteiger partial charge on any atom is -0.497 e. The summed E-state index contributed by atoms with van der Waals surface area (Å²) in [7, 11) is 1.44. The lowest BCUT2D eigenvalue weighted by atomic mass is 10.3. The van der Waals surface area contributed by atoms with E-state index in [1.807, 2.05) is 0 Å². The number of halogens is 3. The second-order valence-electron chi connectivity index (χ2n) is 4.81. The minimum atomic E-state index is -4.43. The van der Waals surface area contributed by atoms with E-state index in [1.165, 1.54) is 13.2 Å². The zero-order chi connectivity index (χ0) is 17.5. The van der Waals surface area contributed by atoms with Crippen LogP contribution < -0.4 is 10.1 Å². The summed E-state index contributed by atoms with van der Waals surface area (Å²) >= 11 is 0. The van der Waals surface area contributed by atoms with Crippen LogP contribution in [0, 0.1) is 0 Å². The molecule has 0 saturated heterocycles. The van der Waals surface area contributed by atoms with Gasteiger partial charge in [0.1, 0.15) is 5.75 Å². The summed E-state index contributed by atoms with van der Waals surface area (Å²) in [4.78, 5) is 12.9. The molecule has 3 N–H and O–H groups in total. The topological polar surface area (TPSA) is 82.0 Å². The molecule has 0 heterocycles. The third kappa shape index (κ3) is 7.20. The van der Waals surface area contributed by atoms with Crippen molar-refractivity contribution in [2.75, 3.05) is 32.1 Å². The molecule has 0 fully saturated rings. The second-order valence-corrected chi connectivity index (χ2v) is 4.81. The van der Waals surface area contributed by atoms with Gasteiger partial charge in [-0.05, 0) is 12.1 Å². The number of ether oxygens (including phenoxy) is 1. The number of aliphatic hydroxyl groups is 2. The van der Waals surface area contributed by atoms with E-state index >= 15 is 0 Å². The molecule has 0 aliphatic rings. The van der Waals surface area contributed by atoms with Gasteiger partial charge in [0, 0.05) is 18.3 Å². The smallest absolute Gasteiger partial charge is 0.390 e. The van der Waals surface area contributed by atoms with E-state index in [4.69, 9.17) is 9.84 Å². The molecule has 9 heteroatoms. The van der Waals surface area contributed by atoms with Gasteiger partial charge < -0.3 is 25.2 Å². The Morgan fingerprint density at radius 3 is 2.70 bits per heavy atom. The summed E-state index contributed by atoms with van der Waals surface area (Å²) in [6.45, 7) is -1.70. The summed E-state index contributed by atoms with van der Waals surface area (Å²) in [5.74, 6) is 0.472. The van der Waals surface area contributed by atoms with Crippen molar-refractivity contribution in [1.82, 2.24) is 4.90 Å². The molecule has 1 aromatic rings. The first-order chi connectivity index (χ1) is 10.7. The van der Waals surface area contributed by atoms with E-state index in [1.54, 1.807) is 18.2 Å². The maximum atomic E-state index is 12.3. The van der Waals surface area contributed by atoms with Crippen LogP contribution in [0.5, 0.6) is 5.75 Å². The maximum Gasteiger partial charge on any atom is 0.390 e. The van der Waals surface area contributed by atoms with Crippen LogP contribution in [0.15, 0.2) is 24.3 Å². The Hall–Kier alpha value is -2.00. The predicted octanol–water partition coefficient (Wildman–Crippen LogP) is 1.83. The molecule has 0 radical (unpaired) electrons. The Balaban J connectivity index is 2.76. The van der Waals surface area contributed by atoms with Crippen LogP contribution in [0.4, 0.5) is 23.7 Å². The lowest BCUT2D eigenvalue weighted by Crippen LogP contribution is -2.42. The van der Waals surface area contributed by atoms with Gasteiger partial charge in [0.05, 0.1) is 32.8 Å². The second kappa shape index (κ2) is 8.59. The van der Waals surface area contributed by atoms with Crippen molar-refractivity contribution >= 4 is 11.7 Å². The monoisotopic (exact) mass is 336 g/mol. The number of nitrogens with zero attached hydrogens (tertiary/aromatic N) is 1. The molecule has 0 aliphatic carbocycles. The first-order valence-electron chi connectivity index (χ1n) is 6.81. The van der Waals surface area contributed by atoms with E-state index in [9.17, 15) is 23.1 Å². The lowest BCUT2D eigenvalue weighted by Gasteiger charge is -2.25. The van der Waals surface area contributed by atoms with Crippen LogP contribution in [0.25, 0.3) is 0 Å². The van der Waals surface area contributed by atoms with Crippen molar-refractivity contribution in [1.29, 1.82) is 0 Å². The van der Waals surface area contributed by atoms with Gasteiger partial charge in [-0.2, -0.15) is 13.2 Å². The van der Waals surface area contributed by atoms with Crippen molar-refractivity contribution in [3.63, 3.8) is 0 Å². The van der Waals surface area contributed by atoms with Crippen molar-refractivity contribution < 1.29 is 32.9 Å². The van der Waals surface area contributed by atoms with E-state index in [0.29, 0.717) is 11.4 Å². The van der Waals surface area contributed by atoms with Gasteiger partial charge in [0.2, 0.25) is 0 Å². The quantitative estimate of drug-likeness (QED) is 0.710. The standard InChI is InChI=1S/C14H19F3N2O4/c1-23-12-4-2-3-10(7-12)18-13(22)19(8-11(21)9-20)6-5-14(15,16)17/h2-4,7,11,20-21H,5-6,8-9H2,1H3,(H,18,22)/t11-/m0/s1. The molecule has 2 amide bonds. The molecule has 1 rings (SSSR count). The van der Waals surface area contributed by atoms with Crippen LogP contribution in [0.3, 0.4) is 0 Å². The highest BCUT2D eigenvalue weighted by Crippen LogP contribution is 2.21. The first kappa shape index (κ1) is 19.0. The summed E-state index contributed by atoms with van der Waals surface area (Å²) in [5.41, 5.74) is 0.338. The number of nitrogens with one attached hydrogen (secondary N) is 1.